The minimum atomic E-state index is 0.256. The van der Waals surface area contributed by atoms with E-state index >= 15 is 0 Å². The monoisotopic (exact) mass is 238 g/mol. The molecular weight excluding hydrogens is 216 g/mol. The summed E-state index contributed by atoms with van der Waals surface area (Å²) in [6.45, 7) is 6.26. The number of rotatable bonds is 4. The Morgan fingerprint density at radius 1 is 1.47 bits per heavy atom. The number of likely N-dealkylation sites (tertiary alicyclic amines) is 1. The van der Waals surface area contributed by atoms with Gasteiger partial charge in [-0.15, -0.1) is 0 Å². The molecule has 96 valence electrons. The van der Waals surface area contributed by atoms with Crippen molar-refractivity contribution < 1.29 is 9.63 Å². The molecule has 2 heterocycles. The predicted molar refractivity (Wildman–Crippen MR) is 65.8 cm³/mol. The first kappa shape index (κ1) is 12.6. The second-order valence-corrected chi connectivity index (χ2v) is 4.82. The lowest BCUT2D eigenvalue weighted by molar-refractivity contribution is 0.0835. The van der Waals surface area contributed by atoms with Gasteiger partial charge in [-0.3, -0.25) is 4.90 Å². The van der Waals surface area contributed by atoms with Crippen molar-refractivity contribution in [1.82, 2.24) is 10.1 Å². The van der Waals surface area contributed by atoms with Crippen molar-refractivity contribution >= 4 is 0 Å². The van der Waals surface area contributed by atoms with Gasteiger partial charge in [-0.05, 0) is 32.7 Å². The molecule has 1 saturated heterocycles. The fourth-order valence-corrected chi connectivity index (χ4v) is 2.60. The normalized spacial score (nSPS) is 21.9. The number of piperidine rings is 1. The van der Waals surface area contributed by atoms with Gasteiger partial charge in [0.05, 0.1) is 12.3 Å². The third-order valence-corrected chi connectivity index (χ3v) is 3.72. The van der Waals surface area contributed by atoms with Gasteiger partial charge in [0.15, 0.2) is 0 Å². The van der Waals surface area contributed by atoms with Crippen LogP contribution in [-0.2, 0) is 13.0 Å². The van der Waals surface area contributed by atoms with Crippen LogP contribution in [-0.4, -0.2) is 34.4 Å². The van der Waals surface area contributed by atoms with Crippen LogP contribution in [0.25, 0.3) is 0 Å². The van der Waals surface area contributed by atoms with Gasteiger partial charge in [0.2, 0.25) is 0 Å². The molecule has 0 aliphatic carbocycles. The molecule has 0 spiro atoms. The number of aryl methyl sites for hydroxylation is 2. The highest BCUT2D eigenvalue weighted by Crippen LogP contribution is 2.22. The summed E-state index contributed by atoms with van der Waals surface area (Å²) in [6.07, 6.45) is 4.46. The Morgan fingerprint density at radius 2 is 2.29 bits per heavy atom. The Labute approximate surface area is 103 Å². The molecule has 1 atom stereocenters. The van der Waals surface area contributed by atoms with Crippen LogP contribution in [0, 0.1) is 6.92 Å². The molecule has 1 aromatic rings. The first-order valence-electron chi connectivity index (χ1n) is 6.55. The molecule has 1 fully saturated rings. The summed E-state index contributed by atoms with van der Waals surface area (Å²) in [7, 11) is 0. The molecule has 1 aliphatic rings. The van der Waals surface area contributed by atoms with E-state index in [0.29, 0.717) is 6.04 Å². The summed E-state index contributed by atoms with van der Waals surface area (Å²) in [5.41, 5.74) is 2.28. The lowest BCUT2D eigenvalue weighted by atomic mass is 10.0. The maximum atomic E-state index is 9.41. The quantitative estimate of drug-likeness (QED) is 0.870. The van der Waals surface area contributed by atoms with E-state index in [1.54, 1.807) is 0 Å². The SMILES string of the molecule is CCc1noc(C)c1CN1CCCC[C@@H]1CO. The highest BCUT2D eigenvalue weighted by atomic mass is 16.5. The molecule has 0 radical (unpaired) electrons. The highest BCUT2D eigenvalue weighted by Gasteiger charge is 2.24. The summed E-state index contributed by atoms with van der Waals surface area (Å²) in [6, 6.07) is 0.308. The lowest BCUT2D eigenvalue weighted by Gasteiger charge is -2.34. The number of nitrogens with zero attached hydrogens (tertiary/aromatic N) is 2. The van der Waals surface area contributed by atoms with Crippen molar-refractivity contribution in [2.24, 2.45) is 0 Å². The Bertz CT molecular complexity index is 362. The van der Waals surface area contributed by atoms with E-state index in [-0.39, 0.29) is 6.61 Å². The Kier molecular flexibility index (Phi) is 4.18. The predicted octanol–water partition coefficient (Wildman–Crippen LogP) is 1.89. The number of aliphatic hydroxyl groups excluding tert-OH is 1. The van der Waals surface area contributed by atoms with Crippen LogP contribution < -0.4 is 0 Å². The van der Waals surface area contributed by atoms with E-state index in [0.717, 1.165) is 37.4 Å². The Morgan fingerprint density at radius 3 is 3.00 bits per heavy atom. The van der Waals surface area contributed by atoms with E-state index in [4.69, 9.17) is 4.52 Å². The summed E-state index contributed by atoms with van der Waals surface area (Å²) >= 11 is 0. The van der Waals surface area contributed by atoms with Crippen LogP contribution in [0.4, 0.5) is 0 Å². The van der Waals surface area contributed by atoms with Crippen molar-refractivity contribution in [3.05, 3.63) is 17.0 Å². The molecule has 0 saturated carbocycles. The van der Waals surface area contributed by atoms with E-state index in [1.165, 1.54) is 18.4 Å². The molecule has 4 heteroatoms. The number of aromatic nitrogens is 1. The first-order chi connectivity index (χ1) is 8.26. The zero-order chi connectivity index (χ0) is 12.3. The van der Waals surface area contributed by atoms with Crippen LogP contribution >= 0.6 is 0 Å². The summed E-state index contributed by atoms with van der Waals surface area (Å²) in [5, 5.41) is 13.5. The zero-order valence-corrected chi connectivity index (χ0v) is 10.8. The average molecular weight is 238 g/mol. The van der Waals surface area contributed by atoms with Crippen LogP contribution in [0.5, 0.6) is 0 Å². The molecule has 1 aromatic heterocycles. The van der Waals surface area contributed by atoms with Gasteiger partial charge >= 0.3 is 0 Å². The van der Waals surface area contributed by atoms with Gasteiger partial charge in [-0.2, -0.15) is 0 Å². The van der Waals surface area contributed by atoms with Crippen LogP contribution in [0.1, 0.15) is 43.2 Å². The van der Waals surface area contributed by atoms with E-state index in [9.17, 15) is 5.11 Å². The van der Waals surface area contributed by atoms with Crippen LogP contribution in [0.2, 0.25) is 0 Å². The van der Waals surface area contributed by atoms with E-state index in [1.807, 2.05) is 6.92 Å². The summed E-state index contributed by atoms with van der Waals surface area (Å²) < 4.78 is 5.26. The fraction of sp³-hybridized carbons (Fsp3) is 0.769. The van der Waals surface area contributed by atoms with Crippen molar-refractivity contribution in [1.29, 1.82) is 0 Å². The molecule has 0 aromatic carbocycles. The van der Waals surface area contributed by atoms with Crippen molar-refractivity contribution in [3.8, 4) is 0 Å². The minimum absolute atomic E-state index is 0.256. The smallest absolute Gasteiger partial charge is 0.138 e. The second kappa shape index (κ2) is 5.65. The van der Waals surface area contributed by atoms with Gasteiger partial charge in [0.1, 0.15) is 5.76 Å². The van der Waals surface area contributed by atoms with Gasteiger partial charge < -0.3 is 9.63 Å². The van der Waals surface area contributed by atoms with E-state index < -0.39 is 0 Å². The third-order valence-electron chi connectivity index (χ3n) is 3.72. The number of hydrogen-bond donors (Lipinski definition) is 1. The maximum Gasteiger partial charge on any atom is 0.138 e. The topological polar surface area (TPSA) is 49.5 Å². The largest absolute Gasteiger partial charge is 0.395 e. The second-order valence-electron chi connectivity index (χ2n) is 4.82. The molecular formula is C13H22N2O2. The number of aliphatic hydroxyl groups is 1. The van der Waals surface area contributed by atoms with Gasteiger partial charge in [0.25, 0.3) is 0 Å². The van der Waals surface area contributed by atoms with E-state index in [2.05, 4.69) is 17.0 Å². The molecule has 1 N–H and O–H groups in total. The number of hydrogen-bond acceptors (Lipinski definition) is 4. The summed E-state index contributed by atoms with van der Waals surface area (Å²) in [4.78, 5) is 2.36. The molecule has 2 rings (SSSR count). The molecule has 17 heavy (non-hydrogen) atoms. The minimum Gasteiger partial charge on any atom is -0.395 e. The Hall–Kier alpha value is -0.870. The molecule has 4 nitrogen and oxygen atoms in total. The van der Waals surface area contributed by atoms with Crippen LogP contribution in [0.3, 0.4) is 0 Å². The molecule has 0 unspecified atom stereocenters. The molecule has 0 bridgehead atoms. The van der Waals surface area contributed by atoms with Gasteiger partial charge in [0, 0.05) is 18.2 Å². The van der Waals surface area contributed by atoms with Gasteiger partial charge in [-0.1, -0.05) is 18.5 Å². The zero-order valence-electron chi connectivity index (χ0n) is 10.8. The maximum absolute atomic E-state index is 9.41. The standard InChI is InChI=1S/C13H22N2O2/c1-3-13-12(10(2)17-14-13)8-15-7-5-4-6-11(15)9-16/h11,16H,3-9H2,1-2H3/t11-/m1/s1. The van der Waals surface area contributed by atoms with Crippen LogP contribution in [0.15, 0.2) is 4.52 Å². The first-order valence-corrected chi connectivity index (χ1v) is 6.55. The lowest BCUT2D eigenvalue weighted by Crippen LogP contribution is -2.41. The molecule has 0 amide bonds. The highest BCUT2D eigenvalue weighted by molar-refractivity contribution is 5.22. The average Bonchev–Trinajstić information content (AvgIpc) is 2.71. The Balaban J connectivity index is 2.10. The van der Waals surface area contributed by atoms with Crippen molar-refractivity contribution in [3.63, 3.8) is 0 Å². The molecule has 1 aliphatic heterocycles. The summed E-state index contributed by atoms with van der Waals surface area (Å²) in [5.74, 6) is 0.920. The van der Waals surface area contributed by atoms with Gasteiger partial charge in [-0.25, -0.2) is 0 Å². The third kappa shape index (κ3) is 2.69. The fourth-order valence-electron chi connectivity index (χ4n) is 2.60. The van der Waals surface area contributed by atoms with Crippen molar-refractivity contribution in [2.45, 2.75) is 52.1 Å². The van der Waals surface area contributed by atoms with Crippen molar-refractivity contribution in [2.75, 3.05) is 13.2 Å².